The highest BCUT2D eigenvalue weighted by atomic mass is 32.1. The Morgan fingerprint density at radius 3 is 2.55 bits per heavy atom. The lowest BCUT2D eigenvalue weighted by Crippen LogP contribution is -2.42. The van der Waals surface area contributed by atoms with Crippen LogP contribution in [0.25, 0.3) is 0 Å². The molecule has 2 aliphatic carbocycles. The number of nitrogens with one attached hydrogen (secondary N) is 3. The topological polar surface area (TPSA) is 74.3 Å². The highest BCUT2D eigenvalue weighted by Crippen LogP contribution is 2.29. The summed E-state index contributed by atoms with van der Waals surface area (Å²) in [6.45, 7) is 2.61. The number of hydrogen-bond acceptors (Lipinski definition) is 6. The fourth-order valence-electron chi connectivity index (χ4n) is 4.77. The van der Waals surface area contributed by atoms with Gasteiger partial charge in [-0.2, -0.15) is 4.98 Å². The van der Waals surface area contributed by atoms with Crippen molar-refractivity contribution in [1.29, 1.82) is 0 Å². The van der Waals surface area contributed by atoms with E-state index in [0.717, 1.165) is 61.7 Å². The van der Waals surface area contributed by atoms with Crippen molar-refractivity contribution in [3.63, 3.8) is 0 Å². The molecule has 4 rings (SSSR count). The Morgan fingerprint density at radius 1 is 1.06 bits per heavy atom. The Kier molecular flexibility index (Phi) is 7.85. The Morgan fingerprint density at radius 2 is 1.79 bits per heavy atom. The van der Waals surface area contributed by atoms with Crippen LogP contribution in [0.1, 0.15) is 56.7 Å². The maximum Gasteiger partial charge on any atom is 0.225 e. The second kappa shape index (κ2) is 11.0. The van der Waals surface area contributed by atoms with Crippen molar-refractivity contribution in [3.8, 4) is 5.75 Å². The van der Waals surface area contributed by atoms with E-state index < -0.39 is 0 Å². The highest BCUT2D eigenvalue weighted by molar-refractivity contribution is 7.80. The largest absolute Gasteiger partial charge is 0.492 e. The Hall–Kier alpha value is -2.61. The molecule has 8 heteroatoms. The molecule has 1 aromatic carbocycles. The first kappa shape index (κ1) is 23.5. The number of thiocarbonyl (C=S) groups is 1. The van der Waals surface area contributed by atoms with Gasteiger partial charge in [0.2, 0.25) is 5.95 Å². The van der Waals surface area contributed by atoms with Crippen LogP contribution in [0.3, 0.4) is 0 Å². The number of hydrogen-bond donors (Lipinski definition) is 3. The van der Waals surface area contributed by atoms with Crippen LogP contribution >= 0.6 is 12.2 Å². The van der Waals surface area contributed by atoms with Gasteiger partial charge in [0, 0.05) is 31.7 Å². The molecule has 7 nitrogen and oxygen atoms in total. The summed E-state index contributed by atoms with van der Waals surface area (Å²) >= 11 is 5.57. The van der Waals surface area contributed by atoms with Gasteiger partial charge in [-0.25, -0.2) is 4.98 Å². The summed E-state index contributed by atoms with van der Waals surface area (Å²) in [6, 6.07) is 8.64. The summed E-state index contributed by atoms with van der Waals surface area (Å²) in [5.41, 5.74) is 3.45. The van der Waals surface area contributed by atoms with Crippen LogP contribution in [-0.2, 0) is 12.8 Å². The van der Waals surface area contributed by atoms with E-state index in [1.54, 1.807) is 0 Å². The zero-order chi connectivity index (χ0) is 23.2. The lowest BCUT2D eigenvalue weighted by atomic mass is 9.91. The normalized spacial score (nSPS) is 19.8. The van der Waals surface area contributed by atoms with Crippen LogP contribution in [0.15, 0.2) is 24.3 Å². The number of para-hydroxylation sites is 2. The van der Waals surface area contributed by atoms with E-state index in [9.17, 15) is 0 Å². The smallest absolute Gasteiger partial charge is 0.225 e. The van der Waals surface area contributed by atoms with E-state index >= 15 is 0 Å². The second-order valence-corrected chi connectivity index (χ2v) is 9.53. The molecule has 33 heavy (non-hydrogen) atoms. The summed E-state index contributed by atoms with van der Waals surface area (Å²) in [6.07, 6.45) is 8.83. The molecule has 0 unspecified atom stereocenters. The van der Waals surface area contributed by atoms with Crippen LogP contribution in [0.4, 0.5) is 17.5 Å². The van der Waals surface area contributed by atoms with Crippen molar-refractivity contribution in [2.45, 2.75) is 70.4 Å². The summed E-state index contributed by atoms with van der Waals surface area (Å²) in [7, 11) is 4.14. The second-order valence-electron chi connectivity index (χ2n) is 9.12. The molecule has 1 saturated carbocycles. The van der Waals surface area contributed by atoms with E-state index in [0.29, 0.717) is 23.8 Å². The van der Waals surface area contributed by atoms with Gasteiger partial charge in [-0.1, -0.05) is 12.1 Å². The van der Waals surface area contributed by atoms with Crippen molar-refractivity contribution in [2.24, 2.45) is 0 Å². The maximum absolute atomic E-state index is 5.68. The van der Waals surface area contributed by atoms with Crippen LogP contribution in [0.5, 0.6) is 5.75 Å². The molecule has 0 saturated heterocycles. The van der Waals surface area contributed by atoms with E-state index in [2.05, 4.69) is 34.9 Å². The predicted octanol–water partition coefficient (Wildman–Crippen LogP) is 4.53. The average Bonchev–Trinajstić information content (AvgIpc) is 2.81. The van der Waals surface area contributed by atoms with Crippen molar-refractivity contribution in [2.75, 3.05) is 36.2 Å². The van der Waals surface area contributed by atoms with E-state index in [-0.39, 0.29) is 0 Å². The third-order valence-electron chi connectivity index (χ3n) is 6.42. The summed E-state index contributed by atoms with van der Waals surface area (Å²) < 4.78 is 5.68. The standard InChI is InChI=1S/C25H36N6OS/c1-4-32-22-12-8-7-11-21(22)29-25(33)27-18-15-13-17(14-16-18)26-24-28-20-10-6-5-9-19(20)23(30-24)31(2)3/h7-8,11-12,17-18H,4-6,9-10,13-16H2,1-3H3,(H,26,28,30)(H2,27,29,33)/t17-,18+. The van der Waals surface area contributed by atoms with Crippen molar-refractivity contribution in [1.82, 2.24) is 15.3 Å². The van der Waals surface area contributed by atoms with Gasteiger partial charge in [0.1, 0.15) is 11.6 Å². The van der Waals surface area contributed by atoms with Crippen molar-refractivity contribution >= 4 is 34.8 Å². The lowest BCUT2D eigenvalue weighted by molar-refractivity contribution is 0.342. The fourth-order valence-corrected chi connectivity index (χ4v) is 5.05. The number of nitrogens with zero attached hydrogens (tertiary/aromatic N) is 3. The Labute approximate surface area is 202 Å². The lowest BCUT2D eigenvalue weighted by Gasteiger charge is -2.31. The van der Waals surface area contributed by atoms with Crippen LogP contribution in [0, 0.1) is 0 Å². The van der Waals surface area contributed by atoms with E-state index in [1.807, 2.05) is 31.2 Å². The van der Waals surface area contributed by atoms with Crippen LogP contribution in [-0.4, -0.2) is 47.9 Å². The highest BCUT2D eigenvalue weighted by Gasteiger charge is 2.24. The molecular formula is C25H36N6OS. The Balaban J connectivity index is 1.30. The number of aromatic nitrogens is 2. The van der Waals surface area contributed by atoms with Gasteiger partial charge in [-0.3, -0.25) is 0 Å². The molecular weight excluding hydrogens is 432 g/mol. The average molecular weight is 469 g/mol. The van der Waals surface area contributed by atoms with E-state index in [4.69, 9.17) is 26.9 Å². The minimum atomic E-state index is 0.365. The molecule has 2 aromatic rings. The maximum atomic E-state index is 5.68. The zero-order valence-corrected chi connectivity index (χ0v) is 20.8. The van der Waals surface area contributed by atoms with Gasteiger partial charge in [-0.05, 0) is 82.6 Å². The van der Waals surface area contributed by atoms with Gasteiger partial charge >= 0.3 is 0 Å². The molecule has 2 aliphatic rings. The molecule has 0 bridgehead atoms. The van der Waals surface area contributed by atoms with Gasteiger partial charge in [0.25, 0.3) is 0 Å². The molecule has 0 atom stereocenters. The fraction of sp³-hybridized carbons (Fsp3) is 0.560. The van der Waals surface area contributed by atoms with Crippen LogP contribution < -0.4 is 25.6 Å². The molecule has 0 amide bonds. The first-order valence-corrected chi connectivity index (χ1v) is 12.6. The van der Waals surface area contributed by atoms with Gasteiger partial charge in [0.05, 0.1) is 18.0 Å². The number of anilines is 3. The zero-order valence-electron chi connectivity index (χ0n) is 20.0. The third-order valence-corrected chi connectivity index (χ3v) is 6.64. The predicted molar refractivity (Wildman–Crippen MR) is 140 cm³/mol. The quantitative estimate of drug-likeness (QED) is 0.512. The summed E-state index contributed by atoms with van der Waals surface area (Å²) in [5, 5.41) is 11.0. The molecule has 0 radical (unpaired) electrons. The number of rotatable bonds is 7. The minimum Gasteiger partial charge on any atom is -0.492 e. The number of aryl methyl sites for hydroxylation is 1. The van der Waals surface area contributed by atoms with Gasteiger partial charge in [-0.15, -0.1) is 0 Å². The van der Waals surface area contributed by atoms with Gasteiger partial charge in [0.15, 0.2) is 5.11 Å². The molecule has 3 N–H and O–H groups in total. The third kappa shape index (κ3) is 6.05. The van der Waals surface area contributed by atoms with Crippen molar-refractivity contribution < 1.29 is 4.74 Å². The van der Waals surface area contributed by atoms with Crippen molar-refractivity contribution in [3.05, 3.63) is 35.5 Å². The molecule has 0 aliphatic heterocycles. The molecule has 0 spiro atoms. The van der Waals surface area contributed by atoms with E-state index in [1.165, 1.54) is 24.1 Å². The Bertz CT molecular complexity index is 958. The SMILES string of the molecule is CCOc1ccccc1NC(=S)N[C@H]1CC[C@@H](Nc2nc3c(c(N(C)C)n2)CCCC3)CC1. The molecule has 1 aromatic heterocycles. The first-order chi connectivity index (χ1) is 16.0. The number of fused-ring (bicyclic) bond motifs is 1. The monoisotopic (exact) mass is 468 g/mol. The molecule has 178 valence electrons. The minimum absolute atomic E-state index is 0.365. The van der Waals surface area contributed by atoms with Gasteiger partial charge < -0.3 is 25.6 Å². The van der Waals surface area contributed by atoms with Crippen LogP contribution in [0.2, 0.25) is 0 Å². The number of benzene rings is 1. The molecule has 1 fully saturated rings. The summed E-state index contributed by atoms with van der Waals surface area (Å²) in [4.78, 5) is 11.9. The summed E-state index contributed by atoms with van der Waals surface area (Å²) in [5.74, 6) is 2.67. The molecule has 1 heterocycles. The number of ether oxygens (including phenoxy) is 1. The first-order valence-electron chi connectivity index (χ1n) is 12.2.